The van der Waals surface area contributed by atoms with Crippen molar-refractivity contribution in [2.75, 3.05) is 7.11 Å². The van der Waals surface area contributed by atoms with Gasteiger partial charge in [0, 0.05) is 15.6 Å². The van der Waals surface area contributed by atoms with E-state index in [0.29, 0.717) is 15.6 Å². The maximum atomic E-state index is 11.6. The first-order chi connectivity index (χ1) is 8.52. The van der Waals surface area contributed by atoms with Crippen molar-refractivity contribution in [2.24, 2.45) is 0 Å². The number of hydrogen-bond donors (Lipinski definition) is 0. The lowest BCUT2D eigenvalue weighted by atomic mass is 10.0. The van der Waals surface area contributed by atoms with Gasteiger partial charge in [-0.25, -0.2) is 4.79 Å². The molecule has 0 saturated carbocycles. The Labute approximate surface area is 115 Å². The van der Waals surface area contributed by atoms with Crippen LogP contribution in [0.2, 0.25) is 10.0 Å². The summed E-state index contributed by atoms with van der Waals surface area (Å²) in [5.41, 5.74) is 0.654. The molecule has 0 N–H and O–H groups in total. The van der Waals surface area contributed by atoms with Gasteiger partial charge >= 0.3 is 5.97 Å². The summed E-state index contributed by atoms with van der Waals surface area (Å²) < 4.78 is 15.6. The van der Waals surface area contributed by atoms with E-state index >= 15 is 0 Å². The number of ether oxygens (including phenoxy) is 3. The van der Waals surface area contributed by atoms with Gasteiger partial charge in [0.15, 0.2) is 12.4 Å². The highest BCUT2D eigenvalue weighted by molar-refractivity contribution is 6.35. The van der Waals surface area contributed by atoms with E-state index in [0.717, 1.165) is 0 Å². The van der Waals surface area contributed by atoms with E-state index < -0.39 is 24.5 Å². The van der Waals surface area contributed by atoms with Crippen LogP contribution in [0.4, 0.5) is 0 Å². The number of hydrogen-bond acceptors (Lipinski definition) is 4. The van der Waals surface area contributed by atoms with Crippen LogP contribution in [0.15, 0.2) is 18.2 Å². The lowest BCUT2D eigenvalue weighted by Crippen LogP contribution is -2.27. The lowest BCUT2D eigenvalue weighted by Gasteiger charge is -2.16. The first-order valence-electron chi connectivity index (χ1n) is 5.36. The second-order valence-corrected chi connectivity index (χ2v) is 4.71. The van der Waals surface area contributed by atoms with Gasteiger partial charge in [0.05, 0.1) is 7.11 Å². The molecule has 18 heavy (non-hydrogen) atoms. The zero-order valence-corrected chi connectivity index (χ0v) is 11.4. The fraction of sp³-hybridized carbons (Fsp3) is 0.417. The van der Waals surface area contributed by atoms with Crippen LogP contribution in [0.25, 0.3) is 0 Å². The molecule has 1 saturated heterocycles. The number of carbonyl (C=O) groups is 1. The second kappa shape index (κ2) is 5.45. The Balaban J connectivity index is 2.32. The zero-order chi connectivity index (χ0) is 13.3. The minimum Gasteiger partial charge on any atom is -0.467 e. The van der Waals surface area contributed by atoms with E-state index in [4.69, 9.17) is 32.7 Å². The molecule has 1 fully saturated rings. The average Bonchev–Trinajstić information content (AvgIpc) is 2.70. The predicted octanol–water partition coefficient (Wildman–Crippen LogP) is 2.97. The molecule has 1 unspecified atom stereocenters. The third-order valence-electron chi connectivity index (χ3n) is 2.65. The van der Waals surface area contributed by atoms with Crippen molar-refractivity contribution in [1.82, 2.24) is 0 Å². The molecule has 0 spiro atoms. The molecule has 4 nitrogen and oxygen atoms in total. The van der Waals surface area contributed by atoms with Crippen molar-refractivity contribution in [1.29, 1.82) is 0 Å². The van der Waals surface area contributed by atoms with E-state index in [9.17, 15) is 4.79 Å². The molecule has 98 valence electrons. The Morgan fingerprint density at radius 1 is 1.33 bits per heavy atom. The van der Waals surface area contributed by atoms with Gasteiger partial charge < -0.3 is 14.2 Å². The SMILES string of the molecule is COC(=O)[C@H]1OC(C)O[C@@H]1c1ccc(Cl)cc1Cl. The highest BCUT2D eigenvalue weighted by Crippen LogP contribution is 2.37. The summed E-state index contributed by atoms with van der Waals surface area (Å²) in [6.45, 7) is 1.71. The molecular formula is C12H12Cl2O4. The van der Waals surface area contributed by atoms with Gasteiger partial charge in [-0.2, -0.15) is 0 Å². The van der Waals surface area contributed by atoms with Crippen LogP contribution in [-0.2, 0) is 19.0 Å². The molecule has 1 heterocycles. The van der Waals surface area contributed by atoms with Gasteiger partial charge in [-0.15, -0.1) is 0 Å². The van der Waals surface area contributed by atoms with Crippen molar-refractivity contribution in [3.63, 3.8) is 0 Å². The number of rotatable bonds is 2. The summed E-state index contributed by atoms with van der Waals surface area (Å²) in [6, 6.07) is 5.00. The highest BCUT2D eigenvalue weighted by Gasteiger charge is 2.41. The molecule has 6 heteroatoms. The minimum absolute atomic E-state index is 0.430. The molecule has 0 radical (unpaired) electrons. The second-order valence-electron chi connectivity index (χ2n) is 3.87. The van der Waals surface area contributed by atoms with Crippen LogP contribution in [-0.4, -0.2) is 25.5 Å². The van der Waals surface area contributed by atoms with Gasteiger partial charge in [0.2, 0.25) is 0 Å². The molecule has 0 aliphatic carbocycles. The Hall–Kier alpha value is -0.810. The maximum Gasteiger partial charge on any atom is 0.338 e. The monoisotopic (exact) mass is 290 g/mol. The molecule has 1 aromatic rings. The standard InChI is InChI=1S/C12H12Cl2O4/c1-6-17-10(11(18-6)12(15)16-2)8-4-3-7(13)5-9(8)14/h3-6,10-11H,1-2H3/t6?,10-,11+/m1/s1. The van der Waals surface area contributed by atoms with Gasteiger partial charge in [0.1, 0.15) is 6.10 Å². The van der Waals surface area contributed by atoms with E-state index in [2.05, 4.69) is 4.74 Å². The fourth-order valence-electron chi connectivity index (χ4n) is 1.85. The van der Waals surface area contributed by atoms with E-state index in [1.165, 1.54) is 7.11 Å². The normalized spacial score (nSPS) is 27.2. The van der Waals surface area contributed by atoms with E-state index in [1.54, 1.807) is 25.1 Å². The third kappa shape index (κ3) is 2.62. The molecule has 3 atom stereocenters. The van der Waals surface area contributed by atoms with E-state index in [1.807, 2.05) is 0 Å². The average molecular weight is 291 g/mol. The van der Waals surface area contributed by atoms with Crippen molar-refractivity contribution >= 4 is 29.2 Å². The van der Waals surface area contributed by atoms with Crippen LogP contribution >= 0.6 is 23.2 Å². The Morgan fingerprint density at radius 2 is 2.06 bits per heavy atom. The maximum absolute atomic E-state index is 11.6. The lowest BCUT2D eigenvalue weighted by molar-refractivity contribution is -0.153. The summed E-state index contributed by atoms with van der Waals surface area (Å²) in [4.78, 5) is 11.6. The van der Waals surface area contributed by atoms with Crippen LogP contribution in [0.5, 0.6) is 0 Å². The van der Waals surface area contributed by atoms with Crippen LogP contribution in [0.3, 0.4) is 0 Å². The number of esters is 1. The smallest absolute Gasteiger partial charge is 0.338 e. The van der Waals surface area contributed by atoms with Crippen LogP contribution in [0.1, 0.15) is 18.6 Å². The molecular weight excluding hydrogens is 279 g/mol. The number of benzene rings is 1. The van der Waals surface area contributed by atoms with Crippen LogP contribution < -0.4 is 0 Å². The zero-order valence-electron chi connectivity index (χ0n) is 9.85. The molecule has 0 bridgehead atoms. The molecule has 0 aromatic heterocycles. The summed E-state index contributed by atoms with van der Waals surface area (Å²) in [5, 5.41) is 0.949. The predicted molar refractivity (Wildman–Crippen MR) is 66.6 cm³/mol. The summed E-state index contributed by atoms with van der Waals surface area (Å²) in [6.07, 6.45) is -1.90. The van der Waals surface area contributed by atoms with Crippen molar-refractivity contribution in [3.8, 4) is 0 Å². The van der Waals surface area contributed by atoms with Crippen LogP contribution in [0, 0.1) is 0 Å². The van der Waals surface area contributed by atoms with Crippen molar-refractivity contribution in [2.45, 2.75) is 25.4 Å². The Bertz CT molecular complexity index is 463. The summed E-state index contributed by atoms with van der Waals surface area (Å²) >= 11 is 11.9. The molecule has 0 amide bonds. The largest absolute Gasteiger partial charge is 0.467 e. The molecule has 2 rings (SSSR count). The van der Waals surface area contributed by atoms with Crippen molar-refractivity contribution in [3.05, 3.63) is 33.8 Å². The van der Waals surface area contributed by atoms with Gasteiger partial charge in [0.25, 0.3) is 0 Å². The quantitative estimate of drug-likeness (QED) is 0.786. The molecule has 1 aliphatic heterocycles. The number of methoxy groups -OCH3 is 1. The fourth-order valence-corrected chi connectivity index (χ4v) is 2.37. The number of halogens is 2. The first kappa shape index (κ1) is 13.6. The van der Waals surface area contributed by atoms with Gasteiger partial charge in [-0.3, -0.25) is 0 Å². The minimum atomic E-state index is -0.816. The van der Waals surface area contributed by atoms with E-state index in [-0.39, 0.29) is 0 Å². The first-order valence-corrected chi connectivity index (χ1v) is 6.12. The topological polar surface area (TPSA) is 44.8 Å². The summed E-state index contributed by atoms with van der Waals surface area (Å²) in [7, 11) is 1.30. The van der Waals surface area contributed by atoms with Gasteiger partial charge in [-0.1, -0.05) is 29.3 Å². The number of carbonyl (C=O) groups excluding carboxylic acids is 1. The highest BCUT2D eigenvalue weighted by atomic mass is 35.5. The summed E-state index contributed by atoms with van der Waals surface area (Å²) in [5.74, 6) is -0.490. The third-order valence-corrected chi connectivity index (χ3v) is 3.22. The Kier molecular flexibility index (Phi) is 4.12. The Morgan fingerprint density at radius 3 is 2.67 bits per heavy atom. The van der Waals surface area contributed by atoms with Crippen molar-refractivity contribution < 1.29 is 19.0 Å². The molecule has 1 aromatic carbocycles. The molecule has 1 aliphatic rings. The van der Waals surface area contributed by atoms with Gasteiger partial charge in [-0.05, 0) is 19.1 Å².